The number of nitrogens with one attached hydrogen (secondary N) is 1. The van der Waals surface area contributed by atoms with Crippen LogP contribution in [0, 0.1) is 0 Å². The van der Waals surface area contributed by atoms with Gasteiger partial charge in [-0.3, -0.25) is 4.72 Å². The maximum Gasteiger partial charge on any atom is 0.235 e. The van der Waals surface area contributed by atoms with Crippen LogP contribution >= 0.6 is 11.6 Å². The van der Waals surface area contributed by atoms with E-state index in [2.05, 4.69) is 4.72 Å². The number of benzene rings is 1. The number of halogens is 1. The van der Waals surface area contributed by atoms with Crippen molar-refractivity contribution in [3.63, 3.8) is 0 Å². The second kappa shape index (κ2) is 5.34. The van der Waals surface area contributed by atoms with Crippen molar-refractivity contribution in [2.45, 2.75) is 18.1 Å². The van der Waals surface area contributed by atoms with Crippen LogP contribution in [0.4, 0.5) is 11.4 Å². The molecule has 0 amide bonds. The van der Waals surface area contributed by atoms with Gasteiger partial charge in [-0.2, -0.15) is 0 Å². The number of ether oxygens (including phenoxy) is 1. The molecule has 1 aromatic carbocycles. The maximum absolute atomic E-state index is 12.2. The number of hydrogen-bond acceptors (Lipinski definition) is 4. The normalized spacial score (nSPS) is 17.6. The van der Waals surface area contributed by atoms with E-state index in [-0.39, 0.29) is 0 Å². The van der Waals surface area contributed by atoms with Gasteiger partial charge in [-0.1, -0.05) is 11.6 Å². The standard InChI is InChI=1S/C11H15ClN2O3S/c12-8-1-2-10(13)11(7-8)14-18(15,16)9-3-5-17-6-4-9/h1-2,7,9,14H,3-6,13H2. The molecule has 0 atom stereocenters. The van der Waals surface area contributed by atoms with Gasteiger partial charge in [0.25, 0.3) is 0 Å². The fourth-order valence-corrected chi connectivity index (χ4v) is 3.47. The molecule has 0 saturated carbocycles. The van der Waals surface area contributed by atoms with Crippen molar-refractivity contribution in [1.29, 1.82) is 0 Å². The van der Waals surface area contributed by atoms with Crippen molar-refractivity contribution in [1.82, 2.24) is 0 Å². The van der Waals surface area contributed by atoms with Crippen molar-refractivity contribution in [3.05, 3.63) is 23.2 Å². The van der Waals surface area contributed by atoms with E-state index in [1.165, 1.54) is 6.07 Å². The van der Waals surface area contributed by atoms with Crippen LogP contribution in [0.25, 0.3) is 0 Å². The molecule has 0 aromatic heterocycles. The summed E-state index contributed by atoms with van der Waals surface area (Å²) in [5.74, 6) is 0. The summed E-state index contributed by atoms with van der Waals surface area (Å²) >= 11 is 5.82. The molecule has 1 aliphatic rings. The molecule has 3 N–H and O–H groups in total. The minimum Gasteiger partial charge on any atom is -0.397 e. The van der Waals surface area contributed by atoms with Crippen LogP contribution < -0.4 is 10.5 Å². The summed E-state index contributed by atoms with van der Waals surface area (Å²) in [6.07, 6.45) is 0.992. The smallest absolute Gasteiger partial charge is 0.235 e. The van der Waals surface area contributed by atoms with Gasteiger partial charge in [-0.25, -0.2) is 8.42 Å². The molecule has 0 radical (unpaired) electrons. The predicted molar refractivity (Wildman–Crippen MR) is 72.2 cm³/mol. The van der Waals surface area contributed by atoms with Crippen LogP contribution in [0.3, 0.4) is 0 Å². The molecule has 100 valence electrons. The van der Waals surface area contributed by atoms with E-state index in [0.29, 0.717) is 42.5 Å². The van der Waals surface area contributed by atoms with E-state index in [9.17, 15) is 8.42 Å². The van der Waals surface area contributed by atoms with E-state index < -0.39 is 15.3 Å². The Hall–Kier alpha value is -0.980. The molecule has 7 heteroatoms. The lowest BCUT2D eigenvalue weighted by Gasteiger charge is -2.23. The molecular weight excluding hydrogens is 276 g/mol. The molecule has 0 aliphatic carbocycles. The number of nitrogen functional groups attached to an aromatic ring is 1. The molecule has 1 saturated heterocycles. The van der Waals surface area contributed by atoms with Crippen molar-refractivity contribution in [2.75, 3.05) is 23.7 Å². The Balaban J connectivity index is 2.18. The molecule has 1 heterocycles. The van der Waals surface area contributed by atoms with Gasteiger partial charge in [0.1, 0.15) is 0 Å². The number of rotatable bonds is 3. The van der Waals surface area contributed by atoms with Crippen molar-refractivity contribution >= 4 is 33.0 Å². The van der Waals surface area contributed by atoms with Crippen LogP contribution in [-0.4, -0.2) is 26.9 Å². The minimum atomic E-state index is -3.44. The zero-order valence-corrected chi connectivity index (χ0v) is 11.3. The van der Waals surface area contributed by atoms with E-state index >= 15 is 0 Å². The van der Waals surface area contributed by atoms with E-state index in [0.717, 1.165) is 0 Å². The fourth-order valence-electron chi connectivity index (χ4n) is 1.84. The first kappa shape index (κ1) is 13.5. The summed E-state index contributed by atoms with van der Waals surface area (Å²) in [4.78, 5) is 0. The van der Waals surface area contributed by atoms with Gasteiger partial charge in [0.2, 0.25) is 10.0 Å². The van der Waals surface area contributed by atoms with Gasteiger partial charge in [0, 0.05) is 18.2 Å². The summed E-state index contributed by atoms with van der Waals surface area (Å²) in [6.45, 7) is 0.938. The third-order valence-corrected chi connectivity index (χ3v) is 4.96. The minimum absolute atomic E-state index is 0.328. The fraction of sp³-hybridized carbons (Fsp3) is 0.455. The molecule has 0 spiro atoms. The van der Waals surface area contributed by atoms with Gasteiger partial charge < -0.3 is 10.5 Å². The van der Waals surface area contributed by atoms with Crippen molar-refractivity contribution < 1.29 is 13.2 Å². The molecule has 1 fully saturated rings. The monoisotopic (exact) mass is 290 g/mol. The Bertz CT molecular complexity index is 527. The Morgan fingerprint density at radius 2 is 2.00 bits per heavy atom. The lowest BCUT2D eigenvalue weighted by Crippen LogP contribution is -2.33. The summed E-state index contributed by atoms with van der Waals surface area (Å²) in [5.41, 5.74) is 6.40. The summed E-state index contributed by atoms with van der Waals surface area (Å²) in [7, 11) is -3.44. The van der Waals surface area contributed by atoms with Gasteiger partial charge in [0.15, 0.2) is 0 Å². The van der Waals surface area contributed by atoms with Gasteiger partial charge in [0.05, 0.1) is 16.6 Å². The molecular formula is C11H15ClN2O3S. The second-order valence-corrected chi connectivity index (χ2v) is 6.59. The highest BCUT2D eigenvalue weighted by Gasteiger charge is 2.28. The Kier molecular flexibility index (Phi) is 3.99. The van der Waals surface area contributed by atoms with Crippen LogP contribution in [0.15, 0.2) is 18.2 Å². The first-order valence-electron chi connectivity index (χ1n) is 5.63. The third-order valence-electron chi connectivity index (χ3n) is 2.87. The first-order chi connectivity index (χ1) is 8.49. The van der Waals surface area contributed by atoms with Gasteiger partial charge in [-0.15, -0.1) is 0 Å². The molecule has 5 nitrogen and oxygen atoms in total. The number of nitrogens with two attached hydrogens (primary N) is 1. The number of anilines is 2. The molecule has 1 aliphatic heterocycles. The quantitative estimate of drug-likeness (QED) is 0.832. The highest BCUT2D eigenvalue weighted by molar-refractivity contribution is 7.93. The zero-order chi connectivity index (χ0) is 13.2. The zero-order valence-electron chi connectivity index (χ0n) is 9.73. The second-order valence-electron chi connectivity index (χ2n) is 4.19. The van der Waals surface area contributed by atoms with Gasteiger partial charge in [-0.05, 0) is 31.0 Å². The number of sulfonamides is 1. The molecule has 1 aromatic rings. The first-order valence-corrected chi connectivity index (χ1v) is 7.56. The van der Waals surface area contributed by atoms with Crippen LogP contribution in [0.2, 0.25) is 5.02 Å². The maximum atomic E-state index is 12.2. The van der Waals surface area contributed by atoms with E-state index in [4.69, 9.17) is 22.1 Å². The Morgan fingerprint density at radius 3 is 2.67 bits per heavy atom. The van der Waals surface area contributed by atoms with Crippen molar-refractivity contribution in [3.8, 4) is 0 Å². The topological polar surface area (TPSA) is 81.4 Å². The third kappa shape index (κ3) is 3.07. The molecule has 0 unspecified atom stereocenters. The van der Waals surface area contributed by atoms with Crippen LogP contribution in [-0.2, 0) is 14.8 Å². The summed E-state index contributed by atoms with van der Waals surface area (Å²) in [5, 5.41) is -0.00138. The Morgan fingerprint density at radius 1 is 1.33 bits per heavy atom. The van der Waals surface area contributed by atoms with E-state index in [1.807, 2.05) is 0 Å². The number of hydrogen-bond donors (Lipinski definition) is 2. The molecule has 0 bridgehead atoms. The lowest BCUT2D eigenvalue weighted by molar-refractivity contribution is 0.0984. The largest absolute Gasteiger partial charge is 0.397 e. The summed E-state index contributed by atoms with van der Waals surface area (Å²) in [6, 6.07) is 4.70. The highest BCUT2D eigenvalue weighted by atomic mass is 35.5. The predicted octanol–water partition coefficient (Wildman–Crippen LogP) is 1.84. The van der Waals surface area contributed by atoms with Gasteiger partial charge >= 0.3 is 0 Å². The molecule has 18 heavy (non-hydrogen) atoms. The average Bonchev–Trinajstić information content (AvgIpc) is 2.35. The van der Waals surface area contributed by atoms with Crippen molar-refractivity contribution in [2.24, 2.45) is 0 Å². The van der Waals surface area contributed by atoms with Crippen LogP contribution in [0.5, 0.6) is 0 Å². The Labute approximate surface area is 111 Å². The molecule has 2 rings (SSSR count). The SMILES string of the molecule is Nc1ccc(Cl)cc1NS(=O)(=O)C1CCOCC1. The van der Waals surface area contributed by atoms with Crippen LogP contribution in [0.1, 0.15) is 12.8 Å². The average molecular weight is 291 g/mol. The lowest BCUT2D eigenvalue weighted by atomic mass is 10.2. The highest BCUT2D eigenvalue weighted by Crippen LogP contribution is 2.26. The summed E-state index contributed by atoms with van der Waals surface area (Å²) < 4.78 is 32.0. The van der Waals surface area contributed by atoms with E-state index in [1.54, 1.807) is 12.1 Å².